The molecule has 0 radical (unpaired) electrons. The number of hydrogen-bond acceptors (Lipinski definition) is 3. The third kappa shape index (κ3) is 4.58. The Morgan fingerprint density at radius 1 is 1.43 bits per heavy atom. The van der Waals surface area contributed by atoms with E-state index in [9.17, 15) is 4.79 Å². The molecule has 1 aliphatic carbocycles. The number of amides is 1. The number of hydrazine groups is 1. The summed E-state index contributed by atoms with van der Waals surface area (Å²) in [5.41, 5.74) is 2.10. The molecule has 0 aromatic heterocycles. The molecule has 1 aliphatic rings. The standard InChI is InChI=1S/C10H20N2O2/c11-12-10(13)6-3-7-14-8-9-4-1-2-5-9/h9H,1-8,11H2,(H,12,13). The van der Waals surface area contributed by atoms with Crippen molar-refractivity contribution in [2.45, 2.75) is 38.5 Å². The molecule has 1 amide bonds. The van der Waals surface area contributed by atoms with Crippen molar-refractivity contribution in [3.8, 4) is 0 Å². The molecule has 4 heteroatoms. The van der Waals surface area contributed by atoms with Crippen molar-refractivity contribution in [1.29, 1.82) is 0 Å². The molecule has 0 aromatic rings. The summed E-state index contributed by atoms with van der Waals surface area (Å²) in [4.78, 5) is 10.7. The van der Waals surface area contributed by atoms with Crippen molar-refractivity contribution in [3.63, 3.8) is 0 Å². The van der Waals surface area contributed by atoms with Crippen LogP contribution in [-0.4, -0.2) is 19.1 Å². The Hall–Kier alpha value is -0.610. The summed E-state index contributed by atoms with van der Waals surface area (Å²) in [5.74, 6) is 5.59. The molecular formula is C10H20N2O2. The molecule has 0 saturated heterocycles. The molecule has 0 aliphatic heterocycles. The van der Waals surface area contributed by atoms with Gasteiger partial charge in [-0.15, -0.1) is 0 Å². The Morgan fingerprint density at radius 2 is 2.14 bits per heavy atom. The van der Waals surface area contributed by atoms with Crippen LogP contribution in [0.1, 0.15) is 38.5 Å². The molecule has 0 atom stereocenters. The van der Waals surface area contributed by atoms with E-state index >= 15 is 0 Å². The summed E-state index contributed by atoms with van der Waals surface area (Å²) < 4.78 is 5.49. The number of rotatable bonds is 6. The Balaban J connectivity index is 1.86. The molecule has 14 heavy (non-hydrogen) atoms. The Morgan fingerprint density at radius 3 is 2.79 bits per heavy atom. The first-order valence-corrected chi connectivity index (χ1v) is 5.40. The van der Waals surface area contributed by atoms with E-state index in [1.807, 2.05) is 0 Å². The molecule has 1 saturated carbocycles. The minimum Gasteiger partial charge on any atom is -0.381 e. The van der Waals surface area contributed by atoms with E-state index < -0.39 is 0 Å². The lowest BCUT2D eigenvalue weighted by molar-refractivity contribution is -0.121. The zero-order valence-corrected chi connectivity index (χ0v) is 8.63. The van der Waals surface area contributed by atoms with Gasteiger partial charge in [0.05, 0.1) is 0 Å². The molecule has 1 rings (SSSR count). The van der Waals surface area contributed by atoms with E-state index in [4.69, 9.17) is 10.6 Å². The summed E-state index contributed by atoms with van der Waals surface area (Å²) in [6.07, 6.45) is 6.54. The lowest BCUT2D eigenvalue weighted by Gasteiger charge is -2.09. The monoisotopic (exact) mass is 200 g/mol. The van der Waals surface area contributed by atoms with Gasteiger partial charge in [-0.25, -0.2) is 5.84 Å². The van der Waals surface area contributed by atoms with Crippen LogP contribution in [0.2, 0.25) is 0 Å². The number of nitrogens with two attached hydrogens (primary N) is 1. The van der Waals surface area contributed by atoms with Crippen molar-refractivity contribution in [2.75, 3.05) is 13.2 Å². The number of carbonyl (C=O) groups excluding carboxylic acids is 1. The average Bonchev–Trinajstić information content (AvgIpc) is 2.69. The Kier molecular flexibility index (Phi) is 5.56. The first-order valence-electron chi connectivity index (χ1n) is 5.40. The molecular weight excluding hydrogens is 180 g/mol. The molecule has 4 nitrogen and oxygen atoms in total. The van der Waals surface area contributed by atoms with E-state index in [0.29, 0.717) is 13.0 Å². The topological polar surface area (TPSA) is 64.3 Å². The quantitative estimate of drug-likeness (QED) is 0.290. The van der Waals surface area contributed by atoms with Crippen LogP contribution in [0, 0.1) is 5.92 Å². The van der Waals surface area contributed by atoms with Gasteiger partial charge in [0.15, 0.2) is 0 Å². The highest BCUT2D eigenvalue weighted by molar-refractivity contribution is 5.75. The van der Waals surface area contributed by atoms with Crippen LogP contribution in [0.3, 0.4) is 0 Å². The van der Waals surface area contributed by atoms with Gasteiger partial charge in [0, 0.05) is 19.6 Å². The Bertz CT molecular complexity index is 168. The average molecular weight is 200 g/mol. The summed E-state index contributed by atoms with van der Waals surface area (Å²) in [5, 5.41) is 0. The lowest BCUT2D eigenvalue weighted by Crippen LogP contribution is -2.29. The van der Waals surface area contributed by atoms with Gasteiger partial charge in [0.25, 0.3) is 0 Å². The van der Waals surface area contributed by atoms with E-state index in [-0.39, 0.29) is 5.91 Å². The lowest BCUT2D eigenvalue weighted by atomic mass is 10.1. The third-order valence-electron chi connectivity index (χ3n) is 2.68. The highest BCUT2D eigenvalue weighted by Gasteiger charge is 2.14. The minimum atomic E-state index is -0.116. The van der Waals surface area contributed by atoms with E-state index in [1.165, 1.54) is 25.7 Å². The van der Waals surface area contributed by atoms with Gasteiger partial charge in [-0.3, -0.25) is 10.2 Å². The van der Waals surface area contributed by atoms with Crippen molar-refractivity contribution >= 4 is 5.91 Å². The van der Waals surface area contributed by atoms with Crippen molar-refractivity contribution in [2.24, 2.45) is 11.8 Å². The van der Waals surface area contributed by atoms with E-state index in [0.717, 1.165) is 18.9 Å². The van der Waals surface area contributed by atoms with Gasteiger partial charge in [-0.1, -0.05) is 12.8 Å². The fraction of sp³-hybridized carbons (Fsp3) is 0.900. The van der Waals surface area contributed by atoms with E-state index in [2.05, 4.69) is 5.43 Å². The van der Waals surface area contributed by atoms with Gasteiger partial charge in [0.1, 0.15) is 0 Å². The molecule has 0 unspecified atom stereocenters. The molecule has 1 fully saturated rings. The van der Waals surface area contributed by atoms with Crippen LogP contribution in [-0.2, 0) is 9.53 Å². The van der Waals surface area contributed by atoms with Crippen LogP contribution in [0.15, 0.2) is 0 Å². The van der Waals surface area contributed by atoms with Crippen molar-refractivity contribution in [1.82, 2.24) is 5.43 Å². The number of carbonyl (C=O) groups is 1. The summed E-state index contributed by atoms with van der Waals surface area (Å²) in [6.45, 7) is 1.54. The van der Waals surface area contributed by atoms with Gasteiger partial charge in [0.2, 0.25) is 5.91 Å². The predicted octanol–water partition coefficient (Wildman–Crippen LogP) is 0.963. The predicted molar refractivity (Wildman–Crippen MR) is 54.3 cm³/mol. The highest BCUT2D eigenvalue weighted by atomic mass is 16.5. The second-order valence-electron chi connectivity index (χ2n) is 3.90. The van der Waals surface area contributed by atoms with Crippen LogP contribution in [0.25, 0.3) is 0 Å². The van der Waals surface area contributed by atoms with Crippen LogP contribution in [0.4, 0.5) is 0 Å². The molecule has 82 valence electrons. The Labute approximate surface area is 85.2 Å². The smallest absolute Gasteiger partial charge is 0.233 e. The van der Waals surface area contributed by atoms with Gasteiger partial charge in [-0.05, 0) is 25.2 Å². The minimum absolute atomic E-state index is 0.116. The highest BCUT2D eigenvalue weighted by Crippen LogP contribution is 2.24. The fourth-order valence-electron chi connectivity index (χ4n) is 1.83. The SMILES string of the molecule is NNC(=O)CCCOCC1CCCC1. The fourth-order valence-corrected chi connectivity index (χ4v) is 1.83. The second kappa shape index (κ2) is 6.79. The largest absolute Gasteiger partial charge is 0.381 e. The van der Waals surface area contributed by atoms with Crippen LogP contribution < -0.4 is 11.3 Å². The molecule has 0 bridgehead atoms. The normalized spacial score (nSPS) is 17.2. The maximum atomic E-state index is 10.7. The first kappa shape index (κ1) is 11.5. The second-order valence-corrected chi connectivity index (χ2v) is 3.90. The number of hydrogen-bond donors (Lipinski definition) is 2. The van der Waals surface area contributed by atoms with Gasteiger partial charge < -0.3 is 4.74 Å². The zero-order valence-electron chi connectivity index (χ0n) is 8.63. The summed E-state index contributed by atoms with van der Waals surface area (Å²) >= 11 is 0. The summed E-state index contributed by atoms with van der Waals surface area (Å²) in [7, 11) is 0. The third-order valence-corrected chi connectivity index (χ3v) is 2.68. The maximum Gasteiger partial charge on any atom is 0.233 e. The maximum absolute atomic E-state index is 10.7. The molecule has 0 spiro atoms. The van der Waals surface area contributed by atoms with Crippen molar-refractivity contribution < 1.29 is 9.53 Å². The molecule has 0 aromatic carbocycles. The van der Waals surface area contributed by atoms with Crippen LogP contribution >= 0.6 is 0 Å². The molecule has 3 N–H and O–H groups in total. The van der Waals surface area contributed by atoms with E-state index in [1.54, 1.807) is 0 Å². The summed E-state index contributed by atoms with van der Waals surface area (Å²) in [6, 6.07) is 0. The van der Waals surface area contributed by atoms with Gasteiger partial charge in [-0.2, -0.15) is 0 Å². The van der Waals surface area contributed by atoms with Crippen LogP contribution in [0.5, 0.6) is 0 Å². The number of nitrogens with one attached hydrogen (secondary N) is 1. The number of ether oxygens (including phenoxy) is 1. The van der Waals surface area contributed by atoms with Crippen molar-refractivity contribution in [3.05, 3.63) is 0 Å². The molecule has 0 heterocycles. The zero-order chi connectivity index (χ0) is 10.2. The first-order chi connectivity index (χ1) is 6.83. The van der Waals surface area contributed by atoms with Gasteiger partial charge >= 0.3 is 0 Å².